The molecule has 4 amide bonds. The van der Waals surface area contributed by atoms with Gasteiger partial charge in [-0.15, -0.1) is 0 Å². The van der Waals surface area contributed by atoms with Crippen LogP contribution in [0.25, 0.3) is 0 Å². The molecule has 1 unspecified atom stereocenters. The van der Waals surface area contributed by atoms with Gasteiger partial charge in [-0.2, -0.15) is 0 Å². The molecule has 2 aliphatic heterocycles. The fourth-order valence-corrected chi connectivity index (χ4v) is 4.33. The molecule has 1 atom stereocenters. The van der Waals surface area contributed by atoms with E-state index in [9.17, 15) is 19.2 Å². The van der Waals surface area contributed by atoms with Gasteiger partial charge in [0.2, 0.25) is 11.8 Å². The van der Waals surface area contributed by atoms with Crippen molar-refractivity contribution < 1.29 is 38.1 Å². The van der Waals surface area contributed by atoms with Crippen LogP contribution in [0, 0.1) is 0 Å². The lowest BCUT2D eigenvalue weighted by molar-refractivity contribution is -0.136. The lowest BCUT2D eigenvalue weighted by Crippen LogP contribution is -2.52. The normalized spacial score (nSPS) is 17.4. The van der Waals surface area contributed by atoms with Gasteiger partial charge in [0, 0.05) is 31.7 Å². The number of alkyl carbamates (subject to hydrolysis) is 1. The number of nitrogens with zero attached hydrogens (tertiary/aromatic N) is 1. The molecule has 0 aliphatic carbocycles. The molecule has 1 fully saturated rings. The van der Waals surface area contributed by atoms with Gasteiger partial charge in [0.1, 0.15) is 11.6 Å². The summed E-state index contributed by atoms with van der Waals surface area (Å²) in [5.74, 6) is -0.853. The highest BCUT2D eigenvalue weighted by Gasteiger charge is 2.39. The molecule has 1 saturated heterocycles. The van der Waals surface area contributed by atoms with Crippen molar-refractivity contribution in [1.29, 1.82) is 0 Å². The Morgan fingerprint density at radius 1 is 1.03 bits per heavy atom. The third-order valence-electron chi connectivity index (χ3n) is 6.07. The highest BCUT2D eigenvalue weighted by Crippen LogP contribution is 2.30. The molecular weight excluding hydrogens is 494 g/mol. The number of nitrogens with one attached hydrogen (secondary N) is 2. The average Bonchev–Trinajstić information content (AvgIpc) is 3.18. The number of aryl methyl sites for hydroxylation is 1. The Morgan fingerprint density at radius 3 is 2.39 bits per heavy atom. The van der Waals surface area contributed by atoms with Crippen LogP contribution >= 0.6 is 0 Å². The number of benzene rings is 1. The van der Waals surface area contributed by atoms with Gasteiger partial charge in [0.05, 0.1) is 33.0 Å². The fraction of sp³-hybridized carbons (Fsp3) is 0.630. The zero-order valence-corrected chi connectivity index (χ0v) is 22.5. The maximum absolute atomic E-state index is 12.9. The minimum absolute atomic E-state index is 0.159. The molecular formula is C27H39N3O8. The van der Waals surface area contributed by atoms with Gasteiger partial charge in [0.25, 0.3) is 5.91 Å². The van der Waals surface area contributed by atoms with Gasteiger partial charge >= 0.3 is 6.09 Å². The van der Waals surface area contributed by atoms with E-state index in [4.69, 9.17) is 18.9 Å². The van der Waals surface area contributed by atoms with Crippen molar-refractivity contribution in [3.8, 4) is 0 Å². The first-order chi connectivity index (χ1) is 18.2. The number of ether oxygens (including phenoxy) is 4. The quantitative estimate of drug-likeness (QED) is 0.274. The fourth-order valence-electron chi connectivity index (χ4n) is 4.33. The van der Waals surface area contributed by atoms with Gasteiger partial charge in [-0.3, -0.25) is 19.7 Å². The van der Waals surface area contributed by atoms with Crippen LogP contribution in [0.1, 0.15) is 61.5 Å². The van der Waals surface area contributed by atoms with Crippen LogP contribution in [0.5, 0.6) is 0 Å². The molecule has 2 heterocycles. The largest absolute Gasteiger partial charge is 0.444 e. The topological polar surface area (TPSA) is 132 Å². The van der Waals surface area contributed by atoms with Crippen LogP contribution in [0.4, 0.5) is 4.79 Å². The zero-order valence-electron chi connectivity index (χ0n) is 22.5. The van der Waals surface area contributed by atoms with E-state index in [2.05, 4.69) is 10.6 Å². The van der Waals surface area contributed by atoms with Crippen LogP contribution in [0.15, 0.2) is 18.2 Å². The molecule has 0 radical (unpaired) electrons. The number of fused-ring (bicyclic) bond motifs is 1. The highest BCUT2D eigenvalue weighted by atomic mass is 16.6. The minimum Gasteiger partial charge on any atom is -0.444 e. The van der Waals surface area contributed by atoms with E-state index >= 15 is 0 Å². The molecule has 11 heteroatoms. The number of amides is 4. The summed E-state index contributed by atoms with van der Waals surface area (Å²) in [5.41, 5.74) is 2.13. The molecule has 1 aromatic rings. The van der Waals surface area contributed by atoms with Gasteiger partial charge in [0.15, 0.2) is 0 Å². The third kappa shape index (κ3) is 9.07. The summed E-state index contributed by atoms with van der Waals surface area (Å²) in [7, 11) is 0. The Balaban J connectivity index is 1.24. The number of carbonyl (C=O) groups excluding carboxylic acids is 4. The summed E-state index contributed by atoms with van der Waals surface area (Å²) in [6.07, 6.45) is 1.68. The molecule has 0 saturated carbocycles. The second kappa shape index (κ2) is 14.2. The van der Waals surface area contributed by atoms with E-state index < -0.39 is 23.6 Å². The number of piperidine rings is 1. The van der Waals surface area contributed by atoms with Gasteiger partial charge < -0.3 is 29.2 Å². The Labute approximate surface area is 223 Å². The lowest BCUT2D eigenvalue weighted by Gasteiger charge is -2.29. The van der Waals surface area contributed by atoms with E-state index in [1.165, 1.54) is 0 Å². The molecule has 38 heavy (non-hydrogen) atoms. The van der Waals surface area contributed by atoms with Crippen molar-refractivity contribution in [2.45, 2.75) is 64.6 Å². The second-order valence-electron chi connectivity index (χ2n) is 10.2. The maximum atomic E-state index is 12.9. The van der Waals surface area contributed by atoms with Crippen LogP contribution in [-0.4, -0.2) is 86.5 Å². The van der Waals surface area contributed by atoms with Crippen LogP contribution < -0.4 is 10.6 Å². The number of carbonyl (C=O) groups is 4. The van der Waals surface area contributed by atoms with Crippen molar-refractivity contribution in [1.82, 2.24) is 15.5 Å². The van der Waals surface area contributed by atoms with Crippen molar-refractivity contribution in [2.75, 3.05) is 46.2 Å². The van der Waals surface area contributed by atoms with Crippen molar-refractivity contribution in [2.24, 2.45) is 0 Å². The number of rotatable bonds is 14. The average molecular weight is 534 g/mol. The lowest BCUT2D eigenvalue weighted by atomic mass is 10.00. The second-order valence-corrected chi connectivity index (χ2v) is 10.2. The Kier molecular flexibility index (Phi) is 11.1. The molecule has 2 aliphatic rings. The van der Waals surface area contributed by atoms with Crippen molar-refractivity contribution >= 4 is 23.8 Å². The van der Waals surface area contributed by atoms with Crippen LogP contribution in [-0.2, 0) is 41.5 Å². The maximum Gasteiger partial charge on any atom is 0.407 e. The standard InChI is InChI=1S/C27H39N3O8/c1-27(2,3)38-26(34)28-11-13-36-15-17-37-16-14-35-12-5-7-19-6-4-8-20-21(19)18-30(25(20)33)22-9-10-23(31)29-24(22)32/h4,6,8,22H,5,7,9-18H2,1-3H3,(H,28,34)(H,29,31,32). The molecule has 2 N–H and O–H groups in total. The minimum atomic E-state index is -0.608. The summed E-state index contributed by atoms with van der Waals surface area (Å²) in [6, 6.07) is 5.06. The molecule has 0 bridgehead atoms. The number of hydrogen-bond acceptors (Lipinski definition) is 8. The first-order valence-electron chi connectivity index (χ1n) is 13.1. The summed E-state index contributed by atoms with van der Waals surface area (Å²) in [6.45, 7) is 8.88. The van der Waals surface area contributed by atoms with Gasteiger partial charge in [-0.1, -0.05) is 12.1 Å². The van der Waals surface area contributed by atoms with E-state index in [-0.39, 0.29) is 18.2 Å². The SMILES string of the molecule is CC(C)(C)OC(=O)NCCOCCOCCOCCCc1cccc2c1CN(C1CCC(=O)NC1=O)C2=O. The van der Waals surface area contributed by atoms with Crippen molar-refractivity contribution in [3.63, 3.8) is 0 Å². The predicted molar refractivity (Wildman–Crippen MR) is 138 cm³/mol. The van der Waals surface area contributed by atoms with Crippen LogP contribution in [0.3, 0.4) is 0 Å². The van der Waals surface area contributed by atoms with E-state index in [0.29, 0.717) is 64.7 Å². The highest BCUT2D eigenvalue weighted by molar-refractivity contribution is 6.05. The van der Waals surface area contributed by atoms with Crippen LogP contribution in [0.2, 0.25) is 0 Å². The van der Waals surface area contributed by atoms with Gasteiger partial charge in [-0.05, 0) is 57.2 Å². The molecule has 0 spiro atoms. The van der Waals surface area contributed by atoms with E-state index in [0.717, 1.165) is 24.0 Å². The Bertz CT molecular complexity index is 991. The Hall–Kier alpha value is -3.02. The monoisotopic (exact) mass is 533 g/mol. The summed E-state index contributed by atoms with van der Waals surface area (Å²) in [4.78, 5) is 49.7. The Morgan fingerprint density at radius 2 is 1.71 bits per heavy atom. The molecule has 210 valence electrons. The summed E-state index contributed by atoms with van der Waals surface area (Å²) >= 11 is 0. The smallest absolute Gasteiger partial charge is 0.407 e. The van der Waals surface area contributed by atoms with E-state index in [1.807, 2.05) is 32.9 Å². The molecule has 1 aromatic carbocycles. The predicted octanol–water partition coefficient (Wildman–Crippen LogP) is 1.95. The summed E-state index contributed by atoms with van der Waals surface area (Å²) in [5, 5.41) is 4.96. The van der Waals surface area contributed by atoms with E-state index in [1.54, 1.807) is 11.0 Å². The first-order valence-corrected chi connectivity index (χ1v) is 13.1. The number of imide groups is 1. The molecule has 11 nitrogen and oxygen atoms in total. The zero-order chi connectivity index (χ0) is 27.5. The van der Waals surface area contributed by atoms with Gasteiger partial charge in [-0.25, -0.2) is 4.79 Å². The molecule has 0 aromatic heterocycles. The first kappa shape index (κ1) is 29.5. The third-order valence-corrected chi connectivity index (χ3v) is 6.07. The molecule has 3 rings (SSSR count). The number of hydrogen-bond donors (Lipinski definition) is 2. The summed E-state index contributed by atoms with van der Waals surface area (Å²) < 4.78 is 21.7. The van der Waals surface area contributed by atoms with Crippen molar-refractivity contribution in [3.05, 3.63) is 34.9 Å².